The molecule has 2 atom stereocenters. The van der Waals surface area contributed by atoms with E-state index >= 15 is 0 Å². The molecule has 0 saturated carbocycles. The van der Waals surface area contributed by atoms with E-state index < -0.39 is 0 Å². The van der Waals surface area contributed by atoms with Gasteiger partial charge >= 0.3 is 0 Å². The first kappa shape index (κ1) is 12.0. The molecule has 0 aromatic rings. The Kier molecular flexibility index (Phi) is 4.35. The van der Waals surface area contributed by atoms with E-state index in [1.807, 2.05) is 0 Å². The molecule has 84 valence electrons. The van der Waals surface area contributed by atoms with Crippen LogP contribution in [0.4, 0.5) is 0 Å². The molecule has 3 nitrogen and oxygen atoms in total. The summed E-state index contributed by atoms with van der Waals surface area (Å²) < 4.78 is 0. The fraction of sp³-hybridized carbons (Fsp3) is 1.00. The summed E-state index contributed by atoms with van der Waals surface area (Å²) in [4.78, 5) is 2.44. The van der Waals surface area contributed by atoms with E-state index in [4.69, 9.17) is 10.8 Å². The van der Waals surface area contributed by atoms with E-state index in [0.717, 1.165) is 39.0 Å². The topological polar surface area (TPSA) is 49.5 Å². The molecule has 2 unspecified atom stereocenters. The first-order chi connectivity index (χ1) is 6.63. The fourth-order valence-corrected chi connectivity index (χ4v) is 2.07. The predicted octanol–water partition coefficient (Wildman–Crippen LogP) is 0.676. The van der Waals surface area contributed by atoms with Crippen LogP contribution >= 0.6 is 0 Å². The van der Waals surface area contributed by atoms with Crippen LogP contribution in [-0.2, 0) is 0 Å². The molecule has 1 saturated heterocycles. The second kappa shape index (κ2) is 5.10. The molecule has 0 radical (unpaired) electrons. The van der Waals surface area contributed by atoms with E-state index in [0.29, 0.717) is 12.5 Å². The van der Waals surface area contributed by atoms with Crippen LogP contribution in [0, 0.1) is 11.3 Å². The lowest BCUT2D eigenvalue weighted by atomic mass is 9.87. The van der Waals surface area contributed by atoms with Crippen molar-refractivity contribution in [1.29, 1.82) is 0 Å². The van der Waals surface area contributed by atoms with Crippen molar-refractivity contribution in [3.8, 4) is 0 Å². The molecule has 0 aromatic carbocycles. The van der Waals surface area contributed by atoms with Crippen molar-refractivity contribution >= 4 is 0 Å². The highest BCUT2D eigenvalue weighted by atomic mass is 16.3. The van der Waals surface area contributed by atoms with Crippen LogP contribution in [0.25, 0.3) is 0 Å². The highest BCUT2D eigenvalue weighted by Gasteiger charge is 2.28. The van der Waals surface area contributed by atoms with E-state index in [2.05, 4.69) is 18.7 Å². The smallest absolute Gasteiger partial charge is 0.0471 e. The maximum Gasteiger partial charge on any atom is 0.0471 e. The van der Waals surface area contributed by atoms with Gasteiger partial charge in [-0.25, -0.2) is 0 Å². The summed E-state index contributed by atoms with van der Waals surface area (Å²) in [5.74, 6) is 0.494. The van der Waals surface area contributed by atoms with Gasteiger partial charge in [0.05, 0.1) is 0 Å². The molecular formula is C11H24N2O. The molecular weight excluding hydrogens is 176 g/mol. The number of hydrogen-bond acceptors (Lipinski definition) is 3. The van der Waals surface area contributed by atoms with Crippen molar-refractivity contribution in [2.75, 3.05) is 32.8 Å². The average molecular weight is 200 g/mol. The zero-order chi connectivity index (χ0) is 10.6. The molecule has 1 aliphatic heterocycles. The lowest BCUT2D eigenvalue weighted by Gasteiger charge is -2.31. The van der Waals surface area contributed by atoms with Gasteiger partial charge in [0.1, 0.15) is 0 Å². The van der Waals surface area contributed by atoms with Gasteiger partial charge in [-0.2, -0.15) is 0 Å². The number of rotatable bonds is 5. The standard InChI is InChI=1S/C11H24N2O/c1-3-11(2,8-12)9-13-5-4-10(6-13)7-14/h10,14H,3-9,12H2,1-2H3. The minimum absolute atomic E-state index is 0.254. The Balaban J connectivity index is 2.37. The summed E-state index contributed by atoms with van der Waals surface area (Å²) in [6, 6.07) is 0. The van der Waals surface area contributed by atoms with Gasteiger partial charge in [0.2, 0.25) is 0 Å². The Bertz CT molecular complexity index is 169. The molecule has 0 bridgehead atoms. The van der Waals surface area contributed by atoms with E-state index in [1.165, 1.54) is 0 Å². The molecule has 1 heterocycles. The summed E-state index contributed by atoms with van der Waals surface area (Å²) in [7, 11) is 0. The zero-order valence-electron chi connectivity index (χ0n) is 9.50. The Labute approximate surface area is 87.3 Å². The van der Waals surface area contributed by atoms with E-state index in [1.54, 1.807) is 0 Å². The van der Waals surface area contributed by atoms with Crippen molar-refractivity contribution < 1.29 is 5.11 Å². The van der Waals surface area contributed by atoms with Crippen LogP contribution in [0.5, 0.6) is 0 Å². The van der Waals surface area contributed by atoms with Crippen LogP contribution in [0.2, 0.25) is 0 Å². The second-order valence-corrected chi connectivity index (χ2v) is 4.94. The first-order valence-electron chi connectivity index (χ1n) is 5.67. The van der Waals surface area contributed by atoms with Crippen molar-refractivity contribution in [2.24, 2.45) is 17.1 Å². The molecule has 0 aliphatic carbocycles. The largest absolute Gasteiger partial charge is 0.396 e. The molecule has 1 aliphatic rings. The van der Waals surface area contributed by atoms with Gasteiger partial charge in [-0.15, -0.1) is 0 Å². The maximum absolute atomic E-state index is 9.05. The minimum atomic E-state index is 0.254. The zero-order valence-corrected chi connectivity index (χ0v) is 9.50. The maximum atomic E-state index is 9.05. The number of aliphatic hydroxyl groups excluding tert-OH is 1. The molecule has 1 rings (SSSR count). The number of likely N-dealkylation sites (tertiary alicyclic amines) is 1. The summed E-state index contributed by atoms with van der Waals surface area (Å²) in [6.45, 7) is 8.79. The van der Waals surface area contributed by atoms with Gasteiger partial charge in [-0.3, -0.25) is 0 Å². The Morgan fingerprint density at radius 2 is 2.29 bits per heavy atom. The Morgan fingerprint density at radius 1 is 1.57 bits per heavy atom. The number of nitrogens with two attached hydrogens (primary N) is 1. The number of hydrogen-bond donors (Lipinski definition) is 2. The SMILES string of the molecule is CCC(C)(CN)CN1CCC(CO)C1. The molecule has 0 amide bonds. The van der Waals surface area contributed by atoms with Gasteiger partial charge in [0, 0.05) is 19.7 Å². The van der Waals surface area contributed by atoms with Gasteiger partial charge in [-0.1, -0.05) is 13.8 Å². The number of aliphatic hydroxyl groups is 1. The van der Waals surface area contributed by atoms with E-state index in [-0.39, 0.29) is 5.41 Å². The van der Waals surface area contributed by atoms with Crippen LogP contribution in [-0.4, -0.2) is 42.8 Å². The van der Waals surface area contributed by atoms with Crippen molar-refractivity contribution in [3.63, 3.8) is 0 Å². The van der Waals surface area contributed by atoms with Crippen molar-refractivity contribution in [1.82, 2.24) is 4.90 Å². The minimum Gasteiger partial charge on any atom is -0.396 e. The third-order valence-corrected chi connectivity index (χ3v) is 3.58. The lowest BCUT2D eigenvalue weighted by molar-refractivity contribution is 0.173. The van der Waals surface area contributed by atoms with Crippen LogP contribution in [0.15, 0.2) is 0 Å². The van der Waals surface area contributed by atoms with Gasteiger partial charge in [0.25, 0.3) is 0 Å². The lowest BCUT2D eigenvalue weighted by Crippen LogP contribution is -2.39. The number of nitrogens with zero attached hydrogens (tertiary/aromatic N) is 1. The summed E-state index contributed by atoms with van der Waals surface area (Å²) in [5, 5.41) is 9.05. The molecule has 3 N–H and O–H groups in total. The van der Waals surface area contributed by atoms with Crippen LogP contribution < -0.4 is 5.73 Å². The molecule has 1 fully saturated rings. The van der Waals surface area contributed by atoms with Crippen molar-refractivity contribution in [2.45, 2.75) is 26.7 Å². The van der Waals surface area contributed by atoms with E-state index in [9.17, 15) is 0 Å². The summed E-state index contributed by atoms with van der Waals surface area (Å²) in [6.07, 6.45) is 2.27. The highest BCUT2D eigenvalue weighted by molar-refractivity contribution is 4.83. The molecule has 3 heteroatoms. The normalized spacial score (nSPS) is 27.9. The average Bonchev–Trinajstić information content (AvgIpc) is 2.65. The Morgan fingerprint density at radius 3 is 2.71 bits per heavy atom. The molecule has 14 heavy (non-hydrogen) atoms. The quantitative estimate of drug-likeness (QED) is 0.686. The first-order valence-corrected chi connectivity index (χ1v) is 5.67. The molecule has 0 spiro atoms. The Hall–Kier alpha value is -0.120. The molecule has 0 aromatic heterocycles. The van der Waals surface area contributed by atoms with Crippen LogP contribution in [0.1, 0.15) is 26.7 Å². The van der Waals surface area contributed by atoms with Gasteiger partial charge in [0.15, 0.2) is 0 Å². The fourth-order valence-electron chi connectivity index (χ4n) is 2.07. The highest BCUT2D eigenvalue weighted by Crippen LogP contribution is 2.24. The summed E-state index contributed by atoms with van der Waals surface area (Å²) >= 11 is 0. The van der Waals surface area contributed by atoms with Gasteiger partial charge in [-0.05, 0) is 37.3 Å². The summed E-state index contributed by atoms with van der Waals surface area (Å²) in [5.41, 5.74) is 6.04. The predicted molar refractivity (Wildman–Crippen MR) is 59.1 cm³/mol. The van der Waals surface area contributed by atoms with Crippen LogP contribution in [0.3, 0.4) is 0 Å². The third kappa shape index (κ3) is 2.94. The van der Waals surface area contributed by atoms with Crippen molar-refractivity contribution in [3.05, 3.63) is 0 Å². The second-order valence-electron chi connectivity index (χ2n) is 4.94. The third-order valence-electron chi connectivity index (χ3n) is 3.58. The van der Waals surface area contributed by atoms with Gasteiger partial charge < -0.3 is 15.7 Å². The monoisotopic (exact) mass is 200 g/mol.